The molecule has 0 saturated heterocycles. The van der Waals surface area contributed by atoms with Crippen LogP contribution in [-0.4, -0.2) is 22.6 Å². The predicted molar refractivity (Wildman–Crippen MR) is 89.6 cm³/mol. The van der Waals surface area contributed by atoms with Gasteiger partial charge in [0.15, 0.2) is 0 Å². The average molecular weight is 309 g/mol. The van der Waals surface area contributed by atoms with E-state index in [0.717, 1.165) is 16.9 Å². The predicted octanol–water partition coefficient (Wildman–Crippen LogP) is 3.07. The molecule has 0 bridgehead atoms. The minimum Gasteiger partial charge on any atom is -0.497 e. The monoisotopic (exact) mass is 309 g/mol. The van der Waals surface area contributed by atoms with Crippen molar-refractivity contribution >= 4 is 16.9 Å². The molecule has 0 fully saturated rings. The van der Waals surface area contributed by atoms with Crippen LogP contribution in [-0.2, 0) is 7.05 Å². The Morgan fingerprint density at radius 1 is 1.22 bits per heavy atom. The lowest BCUT2D eigenvalue weighted by Crippen LogP contribution is -2.28. The van der Waals surface area contributed by atoms with Crippen LogP contribution >= 0.6 is 0 Å². The third-order valence-corrected chi connectivity index (χ3v) is 3.89. The van der Waals surface area contributed by atoms with E-state index in [1.54, 1.807) is 25.3 Å². The summed E-state index contributed by atoms with van der Waals surface area (Å²) >= 11 is 0. The van der Waals surface area contributed by atoms with Gasteiger partial charge in [-0.1, -0.05) is 18.2 Å². The van der Waals surface area contributed by atoms with E-state index in [4.69, 9.17) is 4.74 Å². The smallest absolute Gasteiger partial charge is 0.251 e. The van der Waals surface area contributed by atoms with Crippen LogP contribution in [0.2, 0.25) is 0 Å². The summed E-state index contributed by atoms with van der Waals surface area (Å²) in [6, 6.07) is 14.8. The molecule has 1 heterocycles. The zero-order valence-corrected chi connectivity index (χ0v) is 13.4. The third kappa shape index (κ3) is 2.90. The Hall–Kier alpha value is -2.82. The van der Waals surface area contributed by atoms with Gasteiger partial charge in [-0.3, -0.25) is 4.79 Å². The second-order valence-electron chi connectivity index (χ2n) is 5.44. The number of aryl methyl sites for hydroxylation is 1. The Labute approximate surface area is 134 Å². The Morgan fingerprint density at radius 2 is 2.00 bits per heavy atom. The van der Waals surface area contributed by atoms with Gasteiger partial charge in [0.05, 0.1) is 24.2 Å². The second-order valence-corrected chi connectivity index (χ2v) is 5.44. The molecule has 1 N–H and O–H groups in total. The quantitative estimate of drug-likeness (QED) is 0.806. The highest BCUT2D eigenvalue weighted by atomic mass is 16.5. The van der Waals surface area contributed by atoms with Crippen molar-refractivity contribution < 1.29 is 9.53 Å². The summed E-state index contributed by atoms with van der Waals surface area (Å²) in [6.07, 6.45) is 0. The van der Waals surface area contributed by atoms with Crippen molar-refractivity contribution in [3.63, 3.8) is 0 Å². The van der Waals surface area contributed by atoms with E-state index >= 15 is 0 Å². The summed E-state index contributed by atoms with van der Waals surface area (Å²) in [5.41, 5.74) is 2.53. The summed E-state index contributed by atoms with van der Waals surface area (Å²) in [4.78, 5) is 17.0. The SMILES string of the molecule is COc1cccc(C(=O)NC(C)c2nc3ccccc3n2C)c1. The Morgan fingerprint density at radius 3 is 2.74 bits per heavy atom. The Balaban J connectivity index is 1.83. The zero-order valence-electron chi connectivity index (χ0n) is 13.4. The molecule has 5 heteroatoms. The maximum atomic E-state index is 12.4. The van der Waals surface area contributed by atoms with Crippen molar-refractivity contribution in [2.45, 2.75) is 13.0 Å². The van der Waals surface area contributed by atoms with Gasteiger partial charge in [-0.15, -0.1) is 0 Å². The van der Waals surface area contributed by atoms with Gasteiger partial charge >= 0.3 is 0 Å². The van der Waals surface area contributed by atoms with Crippen LogP contribution in [0.3, 0.4) is 0 Å². The third-order valence-electron chi connectivity index (χ3n) is 3.89. The fourth-order valence-electron chi connectivity index (χ4n) is 2.66. The molecule has 0 aliphatic heterocycles. The normalized spacial score (nSPS) is 12.1. The van der Waals surface area contributed by atoms with Gasteiger partial charge in [0.1, 0.15) is 11.6 Å². The summed E-state index contributed by atoms with van der Waals surface area (Å²) in [5, 5.41) is 2.99. The Bertz CT molecular complexity index is 854. The van der Waals surface area contributed by atoms with Crippen LogP contribution in [0.4, 0.5) is 0 Å². The van der Waals surface area contributed by atoms with E-state index in [0.29, 0.717) is 11.3 Å². The van der Waals surface area contributed by atoms with Crippen LogP contribution < -0.4 is 10.1 Å². The Kier molecular flexibility index (Phi) is 4.02. The lowest BCUT2D eigenvalue weighted by molar-refractivity contribution is 0.0937. The number of methoxy groups -OCH3 is 1. The van der Waals surface area contributed by atoms with Crippen LogP contribution in [0, 0.1) is 0 Å². The summed E-state index contributed by atoms with van der Waals surface area (Å²) in [6.45, 7) is 1.93. The highest BCUT2D eigenvalue weighted by Gasteiger charge is 2.17. The molecule has 5 nitrogen and oxygen atoms in total. The molecule has 0 aliphatic carbocycles. The summed E-state index contributed by atoms with van der Waals surface area (Å²) in [5.74, 6) is 1.33. The number of fused-ring (bicyclic) bond motifs is 1. The van der Waals surface area contributed by atoms with Gasteiger partial charge in [-0.25, -0.2) is 4.98 Å². The van der Waals surface area contributed by atoms with Gasteiger partial charge in [0.25, 0.3) is 5.91 Å². The molecular weight excluding hydrogens is 290 g/mol. The number of aromatic nitrogens is 2. The van der Waals surface area contributed by atoms with Gasteiger partial charge in [-0.05, 0) is 37.3 Å². The minimum absolute atomic E-state index is 0.150. The number of hydrogen-bond donors (Lipinski definition) is 1. The molecule has 0 aliphatic rings. The van der Waals surface area contributed by atoms with E-state index < -0.39 is 0 Å². The molecule has 1 aromatic heterocycles. The van der Waals surface area contributed by atoms with E-state index in [1.165, 1.54) is 0 Å². The number of nitrogens with zero attached hydrogens (tertiary/aromatic N) is 2. The van der Waals surface area contributed by atoms with Crippen molar-refractivity contribution in [2.75, 3.05) is 7.11 Å². The highest BCUT2D eigenvalue weighted by molar-refractivity contribution is 5.94. The van der Waals surface area contributed by atoms with Crippen molar-refractivity contribution in [1.29, 1.82) is 0 Å². The summed E-state index contributed by atoms with van der Waals surface area (Å²) < 4.78 is 7.16. The molecule has 23 heavy (non-hydrogen) atoms. The van der Waals surface area contributed by atoms with Crippen molar-refractivity contribution in [3.8, 4) is 5.75 Å². The molecule has 0 spiro atoms. The molecule has 1 unspecified atom stereocenters. The van der Waals surface area contributed by atoms with Crippen molar-refractivity contribution in [1.82, 2.24) is 14.9 Å². The number of amides is 1. The molecule has 0 radical (unpaired) electrons. The number of para-hydroxylation sites is 2. The topological polar surface area (TPSA) is 56.1 Å². The lowest BCUT2D eigenvalue weighted by Gasteiger charge is -2.14. The number of rotatable bonds is 4. The first kappa shape index (κ1) is 15.1. The number of ether oxygens (including phenoxy) is 1. The number of hydrogen-bond acceptors (Lipinski definition) is 3. The average Bonchev–Trinajstić information content (AvgIpc) is 2.92. The molecular formula is C18H19N3O2. The van der Waals surface area contributed by atoms with Crippen LogP contribution in [0.5, 0.6) is 5.75 Å². The molecule has 2 aromatic carbocycles. The largest absolute Gasteiger partial charge is 0.497 e. The molecule has 1 amide bonds. The molecule has 1 atom stereocenters. The standard InChI is InChI=1S/C18H19N3O2/c1-12(17-20-15-9-4-5-10-16(15)21(17)2)19-18(22)13-7-6-8-14(11-13)23-3/h4-12H,1-3H3,(H,19,22). The van der Waals surface area contributed by atoms with Gasteiger partial charge in [-0.2, -0.15) is 0 Å². The van der Waals surface area contributed by atoms with Crippen molar-refractivity contribution in [3.05, 3.63) is 59.9 Å². The number of carbonyl (C=O) groups excluding carboxylic acids is 1. The molecule has 0 saturated carbocycles. The molecule has 3 aromatic rings. The number of imidazole rings is 1. The van der Waals surface area contributed by atoms with Gasteiger partial charge in [0, 0.05) is 12.6 Å². The van der Waals surface area contributed by atoms with Crippen LogP contribution in [0.15, 0.2) is 48.5 Å². The van der Waals surface area contributed by atoms with Gasteiger partial charge < -0.3 is 14.6 Å². The van der Waals surface area contributed by atoms with E-state index in [9.17, 15) is 4.79 Å². The first-order chi connectivity index (χ1) is 11.1. The highest BCUT2D eigenvalue weighted by Crippen LogP contribution is 2.20. The van der Waals surface area contributed by atoms with Gasteiger partial charge in [0.2, 0.25) is 0 Å². The first-order valence-electron chi connectivity index (χ1n) is 7.46. The fourth-order valence-corrected chi connectivity index (χ4v) is 2.66. The fraction of sp³-hybridized carbons (Fsp3) is 0.222. The van der Waals surface area contributed by atoms with E-state index in [-0.39, 0.29) is 11.9 Å². The number of carbonyl (C=O) groups is 1. The van der Waals surface area contributed by atoms with E-state index in [2.05, 4.69) is 10.3 Å². The van der Waals surface area contributed by atoms with E-state index in [1.807, 2.05) is 48.9 Å². The molecule has 3 rings (SSSR count). The zero-order chi connectivity index (χ0) is 16.4. The summed E-state index contributed by atoms with van der Waals surface area (Å²) in [7, 11) is 3.54. The number of benzene rings is 2. The van der Waals surface area contributed by atoms with Crippen molar-refractivity contribution in [2.24, 2.45) is 7.05 Å². The molecule has 118 valence electrons. The second kappa shape index (κ2) is 6.12. The van der Waals surface area contributed by atoms with Crippen LogP contribution in [0.1, 0.15) is 29.1 Å². The van der Waals surface area contributed by atoms with Crippen LogP contribution in [0.25, 0.3) is 11.0 Å². The first-order valence-corrected chi connectivity index (χ1v) is 7.46. The maximum Gasteiger partial charge on any atom is 0.251 e. The minimum atomic E-state index is -0.203. The number of nitrogens with one attached hydrogen (secondary N) is 1. The lowest BCUT2D eigenvalue weighted by atomic mass is 10.2. The maximum absolute atomic E-state index is 12.4.